The number of aromatic nitrogens is 2. The normalized spacial score (nSPS) is 12.5. The average Bonchev–Trinajstić information content (AvgIpc) is 2.89. The second kappa shape index (κ2) is 10.2. The first-order chi connectivity index (χ1) is 10.9. The summed E-state index contributed by atoms with van der Waals surface area (Å²) in [5.74, 6) is 2.12. The summed E-state index contributed by atoms with van der Waals surface area (Å²) < 4.78 is 5.08. The van der Waals surface area contributed by atoms with Crippen LogP contribution in [0.2, 0.25) is 0 Å². The van der Waals surface area contributed by atoms with E-state index in [2.05, 4.69) is 58.4 Å². The average molecular weight is 324 g/mol. The van der Waals surface area contributed by atoms with Gasteiger partial charge < -0.3 is 15.2 Å². The summed E-state index contributed by atoms with van der Waals surface area (Å²) in [5.41, 5.74) is 0. The Morgan fingerprint density at radius 3 is 2.35 bits per heavy atom. The maximum absolute atomic E-state index is 5.08. The quantitative estimate of drug-likeness (QED) is 0.408. The highest BCUT2D eigenvalue weighted by Crippen LogP contribution is 2.05. The van der Waals surface area contributed by atoms with Crippen LogP contribution in [0, 0.1) is 6.92 Å². The van der Waals surface area contributed by atoms with Crippen molar-refractivity contribution < 1.29 is 4.52 Å². The number of rotatable bonds is 9. The van der Waals surface area contributed by atoms with Gasteiger partial charge >= 0.3 is 0 Å². The summed E-state index contributed by atoms with van der Waals surface area (Å²) in [7, 11) is 1.78. The van der Waals surface area contributed by atoms with E-state index < -0.39 is 0 Å². The van der Waals surface area contributed by atoms with Gasteiger partial charge in [-0.15, -0.1) is 0 Å². The molecule has 0 aliphatic rings. The third kappa shape index (κ3) is 7.45. The van der Waals surface area contributed by atoms with Gasteiger partial charge in [0.15, 0.2) is 11.8 Å². The van der Waals surface area contributed by atoms with Crippen molar-refractivity contribution in [1.29, 1.82) is 0 Å². The zero-order chi connectivity index (χ0) is 17.2. The minimum Gasteiger partial charge on any atom is -0.356 e. The number of hydrogen-bond acceptors (Lipinski definition) is 5. The Balaban J connectivity index is 2.21. The Bertz CT molecular complexity index is 461. The molecule has 0 unspecified atom stereocenters. The standard InChI is InChI=1S/C16H32N6O/c1-12(2)22(13(3)4)11-7-9-18-16(17-6)19-10-8-15-20-14(5)21-23-15/h12-13H,7-11H2,1-6H3,(H2,17,18,19). The summed E-state index contributed by atoms with van der Waals surface area (Å²) in [5, 5.41) is 10.4. The zero-order valence-corrected chi connectivity index (χ0v) is 15.4. The molecular formula is C16H32N6O. The number of guanidine groups is 1. The van der Waals surface area contributed by atoms with Crippen molar-refractivity contribution in [2.45, 2.75) is 59.5 Å². The highest BCUT2D eigenvalue weighted by molar-refractivity contribution is 5.79. The van der Waals surface area contributed by atoms with Crippen LogP contribution in [0.5, 0.6) is 0 Å². The predicted octanol–water partition coefficient (Wildman–Crippen LogP) is 1.59. The van der Waals surface area contributed by atoms with Gasteiger partial charge in [-0.1, -0.05) is 5.16 Å². The van der Waals surface area contributed by atoms with Crippen LogP contribution in [0.3, 0.4) is 0 Å². The highest BCUT2D eigenvalue weighted by atomic mass is 16.5. The van der Waals surface area contributed by atoms with E-state index in [1.54, 1.807) is 7.05 Å². The topological polar surface area (TPSA) is 78.6 Å². The lowest BCUT2D eigenvalue weighted by Crippen LogP contribution is -2.41. The van der Waals surface area contributed by atoms with Gasteiger partial charge in [-0.2, -0.15) is 4.98 Å². The molecule has 7 heteroatoms. The molecule has 0 fully saturated rings. The minimum absolute atomic E-state index is 0.574. The van der Waals surface area contributed by atoms with E-state index in [0.29, 0.717) is 36.8 Å². The summed E-state index contributed by atoms with van der Waals surface area (Å²) in [6, 6.07) is 1.15. The second-order valence-electron chi connectivity index (χ2n) is 6.19. The Hall–Kier alpha value is -1.63. The molecule has 0 radical (unpaired) electrons. The van der Waals surface area contributed by atoms with Crippen LogP contribution in [0.4, 0.5) is 0 Å². The molecule has 132 valence electrons. The molecule has 1 heterocycles. The summed E-state index contributed by atoms with van der Waals surface area (Å²) in [4.78, 5) is 10.9. The van der Waals surface area contributed by atoms with E-state index in [4.69, 9.17) is 4.52 Å². The number of aliphatic imine (C=N–C) groups is 1. The SMILES string of the molecule is CN=C(NCCCN(C(C)C)C(C)C)NCCc1nc(C)no1. The minimum atomic E-state index is 0.574. The van der Waals surface area contributed by atoms with Crippen molar-refractivity contribution in [2.24, 2.45) is 4.99 Å². The predicted molar refractivity (Wildman–Crippen MR) is 93.7 cm³/mol. The van der Waals surface area contributed by atoms with Crippen molar-refractivity contribution >= 4 is 5.96 Å². The van der Waals surface area contributed by atoms with Crippen LogP contribution in [0.15, 0.2) is 9.52 Å². The molecule has 1 aromatic heterocycles. The first-order valence-electron chi connectivity index (χ1n) is 8.43. The lowest BCUT2D eigenvalue weighted by Gasteiger charge is -2.30. The fourth-order valence-electron chi connectivity index (χ4n) is 2.53. The van der Waals surface area contributed by atoms with E-state index >= 15 is 0 Å². The molecule has 2 N–H and O–H groups in total. The fourth-order valence-corrected chi connectivity index (χ4v) is 2.53. The second-order valence-corrected chi connectivity index (χ2v) is 6.19. The van der Waals surface area contributed by atoms with Gasteiger partial charge in [-0.25, -0.2) is 0 Å². The molecule has 0 bridgehead atoms. The molecule has 7 nitrogen and oxygen atoms in total. The molecule has 23 heavy (non-hydrogen) atoms. The van der Waals surface area contributed by atoms with Crippen LogP contribution in [-0.2, 0) is 6.42 Å². The van der Waals surface area contributed by atoms with Crippen molar-refractivity contribution in [3.05, 3.63) is 11.7 Å². The molecule has 0 saturated heterocycles. The van der Waals surface area contributed by atoms with Crippen molar-refractivity contribution in [3.63, 3.8) is 0 Å². The molecule has 1 rings (SSSR count). The number of nitrogens with one attached hydrogen (secondary N) is 2. The molecule has 0 aromatic carbocycles. The van der Waals surface area contributed by atoms with Gasteiger partial charge in [-0.05, 0) is 41.0 Å². The van der Waals surface area contributed by atoms with Gasteiger partial charge in [0.1, 0.15) is 0 Å². The number of nitrogens with zero attached hydrogens (tertiary/aromatic N) is 4. The summed E-state index contributed by atoms with van der Waals surface area (Å²) in [6.45, 7) is 13.5. The van der Waals surface area contributed by atoms with Crippen LogP contribution >= 0.6 is 0 Å². The Labute approximate surface area is 139 Å². The molecule has 1 aromatic rings. The highest BCUT2D eigenvalue weighted by Gasteiger charge is 2.12. The molecular weight excluding hydrogens is 292 g/mol. The first-order valence-corrected chi connectivity index (χ1v) is 8.43. The van der Waals surface area contributed by atoms with E-state index in [0.717, 1.165) is 25.5 Å². The van der Waals surface area contributed by atoms with Crippen molar-refractivity contribution in [1.82, 2.24) is 25.7 Å². The third-order valence-electron chi connectivity index (χ3n) is 3.64. The molecule has 0 aliphatic carbocycles. The zero-order valence-electron chi connectivity index (χ0n) is 15.4. The van der Waals surface area contributed by atoms with E-state index in [1.807, 2.05) is 6.92 Å². The van der Waals surface area contributed by atoms with Gasteiger partial charge in [-0.3, -0.25) is 9.89 Å². The Morgan fingerprint density at radius 1 is 1.17 bits per heavy atom. The van der Waals surface area contributed by atoms with Gasteiger partial charge in [0.25, 0.3) is 0 Å². The number of hydrogen-bond donors (Lipinski definition) is 2. The maximum atomic E-state index is 5.08. The summed E-state index contributed by atoms with van der Waals surface area (Å²) in [6.07, 6.45) is 1.77. The van der Waals surface area contributed by atoms with Crippen molar-refractivity contribution in [3.8, 4) is 0 Å². The van der Waals surface area contributed by atoms with Crippen molar-refractivity contribution in [2.75, 3.05) is 26.7 Å². The molecule has 0 amide bonds. The van der Waals surface area contributed by atoms with Gasteiger partial charge in [0.2, 0.25) is 5.89 Å². The smallest absolute Gasteiger partial charge is 0.228 e. The Morgan fingerprint density at radius 2 is 1.83 bits per heavy atom. The van der Waals surface area contributed by atoms with Gasteiger partial charge in [0, 0.05) is 45.2 Å². The van der Waals surface area contributed by atoms with Crippen LogP contribution in [0.25, 0.3) is 0 Å². The summed E-state index contributed by atoms with van der Waals surface area (Å²) >= 11 is 0. The van der Waals surface area contributed by atoms with E-state index in [9.17, 15) is 0 Å². The largest absolute Gasteiger partial charge is 0.356 e. The van der Waals surface area contributed by atoms with E-state index in [-0.39, 0.29) is 0 Å². The molecule has 0 aliphatic heterocycles. The Kier molecular flexibility index (Phi) is 8.61. The fraction of sp³-hybridized carbons (Fsp3) is 0.812. The molecule has 0 atom stereocenters. The number of aryl methyl sites for hydroxylation is 1. The molecule has 0 saturated carbocycles. The van der Waals surface area contributed by atoms with E-state index in [1.165, 1.54) is 0 Å². The van der Waals surface area contributed by atoms with Crippen LogP contribution in [0.1, 0.15) is 45.8 Å². The lowest BCUT2D eigenvalue weighted by molar-refractivity contribution is 0.173. The van der Waals surface area contributed by atoms with Gasteiger partial charge in [0.05, 0.1) is 0 Å². The third-order valence-corrected chi connectivity index (χ3v) is 3.64. The lowest BCUT2D eigenvalue weighted by atomic mass is 10.2. The maximum Gasteiger partial charge on any atom is 0.228 e. The first kappa shape index (κ1) is 19.4. The van der Waals surface area contributed by atoms with Crippen LogP contribution in [-0.4, -0.2) is 59.8 Å². The van der Waals surface area contributed by atoms with Crippen LogP contribution < -0.4 is 10.6 Å². The molecule has 0 spiro atoms. The monoisotopic (exact) mass is 324 g/mol.